The molecule has 2 heterocycles. The third kappa shape index (κ3) is 4.50. The van der Waals surface area contributed by atoms with Gasteiger partial charge in [-0.15, -0.1) is 0 Å². The van der Waals surface area contributed by atoms with Crippen molar-refractivity contribution in [2.45, 2.75) is 0 Å². The number of hydrogen-bond acceptors (Lipinski definition) is 5. The molecule has 0 spiro atoms. The van der Waals surface area contributed by atoms with E-state index in [1.807, 2.05) is 78.9 Å². The normalized spacial score (nSPS) is 10.8. The maximum absolute atomic E-state index is 4.81. The molecule has 36 heavy (non-hydrogen) atoms. The van der Waals surface area contributed by atoms with Gasteiger partial charge in [0.05, 0.1) is 0 Å². The molecule has 0 unspecified atom stereocenters. The maximum Gasteiger partial charge on any atom is 0.164 e. The predicted octanol–water partition coefficient (Wildman–Crippen LogP) is 7.00. The second-order valence-electron chi connectivity index (χ2n) is 8.27. The largest absolute Gasteiger partial charge is 0.237 e. The SMILES string of the molecule is c1ccc(-c2nc(-c3ccccc3)nc(-c3ccc(-c4ccc(-c5ncccn5)cc4)cc3)n2)cc1. The summed E-state index contributed by atoms with van der Waals surface area (Å²) in [7, 11) is 0. The van der Waals surface area contributed by atoms with E-state index in [0.29, 0.717) is 17.5 Å². The van der Waals surface area contributed by atoms with Gasteiger partial charge in [0.2, 0.25) is 0 Å². The molecule has 6 rings (SSSR count). The first-order valence-electron chi connectivity index (χ1n) is 11.7. The Morgan fingerprint density at radius 3 is 1.03 bits per heavy atom. The van der Waals surface area contributed by atoms with Gasteiger partial charge in [0.15, 0.2) is 23.3 Å². The van der Waals surface area contributed by atoms with Crippen LogP contribution in [0.1, 0.15) is 0 Å². The fourth-order valence-electron chi connectivity index (χ4n) is 4.01. The van der Waals surface area contributed by atoms with Crippen LogP contribution in [0.4, 0.5) is 0 Å². The van der Waals surface area contributed by atoms with Crippen LogP contribution >= 0.6 is 0 Å². The van der Waals surface area contributed by atoms with Crippen molar-refractivity contribution in [1.29, 1.82) is 0 Å². The summed E-state index contributed by atoms with van der Waals surface area (Å²) in [5, 5.41) is 0. The Morgan fingerprint density at radius 1 is 0.278 bits per heavy atom. The van der Waals surface area contributed by atoms with Gasteiger partial charge in [0, 0.05) is 34.6 Å². The van der Waals surface area contributed by atoms with Crippen molar-refractivity contribution in [2.24, 2.45) is 0 Å². The van der Waals surface area contributed by atoms with Gasteiger partial charge in [-0.3, -0.25) is 0 Å². The van der Waals surface area contributed by atoms with Crippen molar-refractivity contribution in [1.82, 2.24) is 24.9 Å². The predicted molar refractivity (Wildman–Crippen MR) is 143 cm³/mol. The van der Waals surface area contributed by atoms with E-state index >= 15 is 0 Å². The average Bonchev–Trinajstić information content (AvgIpc) is 2.98. The molecule has 4 aromatic carbocycles. The fourth-order valence-corrected chi connectivity index (χ4v) is 4.01. The molecule has 2 aromatic heterocycles. The van der Waals surface area contributed by atoms with Crippen molar-refractivity contribution in [2.75, 3.05) is 0 Å². The van der Waals surface area contributed by atoms with E-state index in [2.05, 4.69) is 46.4 Å². The lowest BCUT2D eigenvalue weighted by molar-refractivity contribution is 1.07. The van der Waals surface area contributed by atoms with E-state index in [1.54, 1.807) is 12.4 Å². The van der Waals surface area contributed by atoms with E-state index in [0.717, 1.165) is 39.2 Å². The van der Waals surface area contributed by atoms with Gasteiger partial charge in [-0.25, -0.2) is 24.9 Å². The first-order chi connectivity index (χ1) is 17.8. The molecule has 0 N–H and O–H groups in total. The Kier molecular flexibility index (Phi) is 5.78. The summed E-state index contributed by atoms with van der Waals surface area (Å²) in [6, 6.07) is 38.4. The van der Waals surface area contributed by atoms with Crippen LogP contribution in [0.15, 0.2) is 128 Å². The summed E-state index contributed by atoms with van der Waals surface area (Å²) in [6.45, 7) is 0. The zero-order chi connectivity index (χ0) is 24.2. The second kappa shape index (κ2) is 9.68. The molecule has 0 aliphatic carbocycles. The molecule has 0 bridgehead atoms. The van der Waals surface area contributed by atoms with Crippen molar-refractivity contribution >= 4 is 0 Å². The molecule has 0 saturated heterocycles. The van der Waals surface area contributed by atoms with Crippen molar-refractivity contribution in [3.8, 4) is 56.7 Å². The summed E-state index contributed by atoms with van der Waals surface area (Å²) < 4.78 is 0. The number of nitrogens with zero attached hydrogens (tertiary/aromatic N) is 5. The summed E-state index contributed by atoms with van der Waals surface area (Å²) in [5.41, 5.74) is 6.06. The summed E-state index contributed by atoms with van der Waals surface area (Å²) in [4.78, 5) is 23.0. The Balaban J connectivity index is 1.35. The standard InChI is InChI=1S/C31H21N5/c1-3-8-24(9-4-1)29-34-30(25-10-5-2-6-11-25)36-31(35-29)27-18-14-23(15-19-27)22-12-16-26(17-13-22)28-32-20-7-21-33-28/h1-21H. The zero-order valence-corrected chi connectivity index (χ0v) is 19.4. The molecule has 0 aliphatic heterocycles. The number of rotatable bonds is 5. The Bertz CT molecular complexity index is 1530. The highest BCUT2D eigenvalue weighted by Gasteiger charge is 2.12. The minimum absolute atomic E-state index is 0.644. The van der Waals surface area contributed by atoms with Crippen LogP contribution in [-0.4, -0.2) is 24.9 Å². The average molecular weight is 464 g/mol. The topological polar surface area (TPSA) is 64.5 Å². The highest BCUT2D eigenvalue weighted by molar-refractivity contribution is 5.72. The highest BCUT2D eigenvalue weighted by Crippen LogP contribution is 2.28. The monoisotopic (exact) mass is 463 g/mol. The summed E-state index contributed by atoms with van der Waals surface area (Å²) >= 11 is 0. The van der Waals surface area contributed by atoms with E-state index < -0.39 is 0 Å². The third-order valence-corrected chi connectivity index (χ3v) is 5.88. The van der Waals surface area contributed by atoms with E-state index in [-0.39, 0.29) is 0 Å². The summed E-state index contributed by atoms with van der Waals surface area (Å²) in [6.07, 6.45) is 3.51. The zero-order valence-electron chi connectivity index (χ0n) is 19.4. The van der Waals surface area contributed by atoms with Gasteiger partial charge < -0.3 is 0 Å². The quantitative estimate of drug-likeness (QED) is 0.275. The lowest BCUT2D eigenvalue weighted by atomic mass is 10.0. The molecule has 0 saturated carbocycles. The molecule has 5 nitrogen and oxygen atoms in total. The van der Waals surface area contributed by atoms with Gasteiger partial charge in [0.25, 0.3) is 0 Å². The second-order valence-corrected chi connectivity index (χ2v) is 8.27. The van der Waals surface area contributed by atoms with Gasteiger partial charge >= 0.3 is 0 Å². The van der Waals surface area contributed by atoms with Gasteiger partial charge in [-0.05, 0) is 17.2 Å². The van der Waals surface area contributed by atoms with Crippen LogP contribution in [-0.2, 0) is 0 Å². The molecule has 0 amide bonds. The van der Waals surface area contributed by atoms with Crippen LogP contribution < -0.4 is 0 Å². The molecular weight excluding hydrogens is 442 g/mol. The third-order valence-electron chi connectivity index (χ3n) is 5.88. The highest BCUT2D eigenvalue weighted by atomic mass is 15.0. The van der Waals surface area contributed by atoms with Gasteiger partial charge in [-0.2, -0.15) is 0 Å². The van der Waals surface area contributed by atoms with Crippen molar-refractivity contribution in [3.63, 3.8) is 0 Å². The molecule has 5 heteroatoms. The molecular formula is C31H21N5. The Labute approximate surface area is 209 Å². The first-order valence-corrected chi connectivity index (χ1v) is 11.7. The first kappa shape index (κ1) is 21.5. The van der Waals surface area contributed by atoms with Crippen LogP contribution in [0.2, 0.25) is 0 Å². The Hall–Kier alpha value is -5.03. The van der Waals surface area contributed by atoms with E-state index in [4.69, 9.17) is 15.0 Å². The number of benzene rings is 4. The van der Waals surface area contributed by atoms with Crippen LogP contribution in [0.3, 0.4) is 0 Å². The summed E-state index contributed by atoms with van der Waals surface area (Å²) in [5.74, 6) is 2.67. The fraction of sp³-hybridized carbons (Fsp3) is 0. The minimum atomic E-state index is 0.644. The van der Waals surface area contributed by atoms with Gasteiger partial charge in [0.1, 0.15) is 0 Å². The smallest absolute Gasteiger partial charge is 0.164 e. The maximum atomic E-state index is 4.81. The lowest BCUT2D eigenvalue weighted by Crippen LogP contribution is -2.00. The minimum Gasteiger partial charge on any atom is -0.237 e. The van der Waals surface area contributed by atoms with Crippen molar-refractivity contribution < 1.29 is 0 Å². The molecule has 0 fully saturated rings. The number of aromatic nitrogens is 5. The number of hydrogen-bond donors (Lipinski definition) is 0. The van der Waals surface area contributed by atoms with Crippen LogP contribution in [0.5, 0.6) is 0 Å². The van der Waals surface area contributed by atoms with Crippen LogP contribution in [0, 0.1) is 0 Å². The van der Waals surface area contributed by atoms with Crippen molar-refractivity contribution in [3.05, 3.63) is 128 Å². The van der Waals surface area contributed by atoms with Gasteiger partial charge in [-0.1, -0.05) is 109 Å². The van der Waals surface area contributed by atoms with E-state index in [1.165, 1.54) is 0 Å². The molecule has 0 atom stereocenters. The molecule has 0 radical (unpaired) electrons. The molecule has 0 aliphatic rings. The Morgan fingerprint density at radius 2 is 0.611 bits per heavy atom. The van der Waals surface area contributed by atoms with E-state index in [9.17, 15) is 0 Å². The van der Waals surface area contributed by atoms with Crippen LogP contribution in [0.25, 0.3) is 56.7 Å². The molecule has 6 aromatic rings. The molecule has 170 valence electrons. The lowest BCUT2D eigenvalue weighted by Gasteiger charge is -2.09.